The molecule has 3 saturated heterocycles. The molecule has 4 nitrogen and oxygen atoms in total. The summed E-state index contributed by atoms with van der Waals surface area (Å²) in [6.45, 7) is 3.74. The molecule has 0 saturated carbocycles. The van der Waals surface area contributed by atoms with Gasteiger partial charge in [-0.15, -0.1) is 47.0 Å². The van der Waals surface area contributed by atoms with Crippen LogP contribution in [0.2, 0.25) is 0 Å². The third kappa shape index (κ3) is 6.11. The van der Waals surface area contributed by atoms with Crippen molar-refractivity contribution in [3.63, 3.8) is 0 Å². The molecule has 0 spiro atoms. The van der Waals surface area contributed by atoms with Gasteiger partial charge in [0.1, 0.15) is 12.2 Å². The van der Waals surface area contributed by atoms with Crippen molar-refractivity contribution in [2.75, 3.05) is 23.0 Å². The van der Waals surface area contributed by atoms with Crippen molar-refractivity contribution < 1.29 is 19.7 Å². The van der Waals surface area contributed by atoms with E-state index in [1.165, 1.54) is 35.9 Å². The normalized spacial score (nSPS) is 34.1. The molecule has 0 aliphatic carbocycles. The van der Waals surface area contributed by atoms with Gasteiger partial charge in [0.25, 0.3) is 0 Å². The fourth-order valence-electron chi connectivity index (χ4n) is 3.42. The van der Waals surface area contributed by atoms with Crippen LogP contribution in [0.4, 0.5) is 0 Å². The van der Waals surface area contributed by atoms with Crippen LogP contribution in [0.25, 0.3) is 0 Å². The highest BCUT2D eigenvalue weighted by Crippen LogP contribution is 2.40. The summed E-state index contributed by atoms with van der Waals surface area (Å²) in [5.74, 6) is 3.91. The molecule has 3 aliphatic rings. The Balaban J connectivity index is 1.58. The molecule has 8 heteroatoms. The van der Waals surface area contributed by atoms with Crippen LogP contribution in [0, 0.1) is 0 Å². The van der Waals surface area contributed by atoms with E-state index in [-0.39, 0.29) is 0 Å². The maximum atomic E-state index is 10.8. The molecule has 3 fully saturated rings. The summed E-state index contributed by atoms with van der Waals surface area (Å²) in [6, 6.07) is 0. The zero-order valence-corrected chi connectivity index (χ0v) is 18.2. The summed E-state index contributed by atoms with van der Waals surface area (Å²) in [6.07, 6.45) is 1.77. The van der Waals surface area contributed by atoms with Crippen LogP contribution in [0.3, 0.4) is 0 Å². The Labute approximate surface area is 168 Å². The lowest BCUT2D eigenvalue weighted by Gasteiger charge is -2.31. The van der Waals surface area contributed by atoms with Gasteiger partial charge in [0.2, 0.25) is 0 Å². The van der Waals surface area contributed by atoms with Gasteiger partial charge in [0, 0.05) is 0 Å². The van der Waals surface area contributed by atoms with Gasteiger partial charge >= 0.3 is 0 Å². The predicted octanol–water partition coefficient (Wildman–Crippen LogP) is 3.40. The van der Waals surface area contributed by atoms with Gasteiger partial charge in [0.05, 0.1) is 21.4 Å². The maximum Gasteiger partial charge on any atom is 0.164 e. The van der Waals surface area contributed by atoms with E-state index in [9.17, 15) is 10.2 Å². The lowest BCUT2D eigenvalue weighted by Crippen LogP contribution is -2.44. The van der Waals surface area contributed by atoms with E-state index in [0.717, 1.165) is 0 Å². The van der Waals surface area contributed by atoms with Gasteiger partial charge in [-0.05, 0) is 62.5 Å². The fourth-order valence-corrected chi connectivity index (χ4v) is 9.34. The zero-order valence-electron chi connectivity index (χ0n) is 15.0. The predicted molar refractivity (Wildman–Crippen MR) is 112 cm³/mol. The maximum absolute atomic E-state index is 10.8. The highest BCUT2D eigenvalue weighted by Gasteiger charge is 2.48. The first kappa shape index (κ1) is 21.0. The minimum Gasteiger partial charge on any atom is -0.390 e. The van der Waals surface area contributed by atoms with Crippen LogP contribution in [0.1, 0.15) is 39.5 Å². The van der Waals surface area contributed by atoms with Crippen LogP contribution < -0.4 is 0 Å². The molecule has 2 N–H and O–H groups in total. The number of ether oxygens (including phenoxy) is 2. The number of rotatable bonds is 6. The first-order valence-electron chi connectivity index (χ1n) is 9.13. The second-order valence-electron chi connectivity index (χ2n) is 7.22. The summed E-state index contributed by atoms with van der Waals surface area (Å²) in [5, 5.41) is 21.6. The molecule has 0 aromatic carbocycles. The van der Waals surface area contributed by atoms with Crippen molar-refractivity contribution in [1.82, 2.24) is 0 Å². The Hall–Kier alpha value is 1.24. The van der Waals surface area contributed by atoms with Gasteiger partial charge in [-0.2, -0.15) is 0 Å². The molecule has 0 amide bonds. The van der Waals surface area contributed by atoms with Gasteiger partial charge in [-0.25, -0.2) is 0 Å². The summed E-state index contributed by atoms with van der Waals surface area (Å²) in [7, 11) is 0. The molecule has 3 aliphatic heterocycles. The molecule has 4 atom stereocenters. The lowest BCUT2D eigenvalue weighted by molar-refractivity contribution is -0.160. The molecule has 0 radical (unpaired) electrons. The Morgan fingerprint density at radius 3 is 1.52 bits per heavy atom. The van der Waals surface area contributed by atoms with E-state index in [4.69, 9.17) is 9.47 Å². The van der Waals surface area contributed by atoms with Crippen molar-refractivity contribution in [2.45, 2.75) is 78.9 Å². The fraction of sp³-hybridized carbons (Fsp3) is 1.00. The molecule has 0 unspecified atom stereocenters. The van der Waals surface area contributed by atoms with Gasteiger partial charge in [-0.3, -0.25) is 0 Å². The van der Waals surface area contributed by atoms with Crippen LogP contribution in [-0.4, -0.2) is 72.6 Å². The second kappa shape index (κ2) is 9.63. The van der Waals surface area contributed by atoms with Gasteiger partial charge in [-0.1, -0.05) is 0 Å². The largest absolute Gasteiger partial charge is 0.390 e. The summed E-state index contributed by atoms with van der Waals surface area (Å²) in [4.78, 5) is 0. The Morgan fingerprint density at radius 1 is 0.800 bits per heavy atom. The first-order valence-corrected chi connectivity index (χ1v) is 13.3. The van der Waals surface area contributed by atoms with E-state index < -0.39 is 30.2 Å². The number of aliphatic hydroxyl groups is 2. The van der Waals surface area contributed by atoms with Gasteiger partial charge in [0.15, 0.2) is 5.79 Å². The minimum atomic E-state index is -0.753. The van der Waals surface area contributed by atoms with Crippen molar-refractivity contribution in [1.29, 1.82) is 0 Å². The molecule has 0 bridgehead atoms. The summed E-state index contributed by atoms with van der Waals surface area (Å²) < 4.78 is 12.9. The second-order valence-corrected chi connectivity index (χ2v) is 13.1. The standard InChI is InChI=1S/C17H30O4S4/c1-17(2)20-15(11(18)9-13-22-5-3-6-23-13)16(21-17)12(19)10-14-24-7-4-8-25-14/h11-16,18-19H,3-10H2,1-2H3/t11-,12-,15+,16+/m0/s1. The minimum absolute atomic E-state index is 0.415. The smallest absolute Gasteiger partial charge is 0.164 e. The van der Waals surface area contributed by atoms with Gasteiger partial charge < -0.3 is 19.7 Å². The van der Waals surface area contributed by atoms with E-state index in [1.54, 1.807) is 0 Å². The molecule has 3 heterocycles. The number of aliphatic hydroxyl groups excluding tert-OH is 2. The third-order valence-electron chi connectivity index (χ3n) is 4.58. The lowest BCUT2D eigenvalue weighted by atomic mass is 10.00. The number of hydrogen-bond acceptors (Lipinski definition) is 8. The molecule has 3 rings (SSSR count). The molecule has 0 aromatic heterocycles. The Morgan fingerprint density at radius 2 is 1.16 bits per heavy atom. The molecular weight excluding hydrogens is 396 g/mol. The van der Waals surface area contributed by atoms with E-state index >= 15 is 0 Å². The molecular formula is C17H30O4S4. The monoisotopic (exact) mass is 426 g/mol. The Bertz CT molecular complexity index is 377. The van der Waals surface area contributed by atoms with Crippen LogP contribution in [0.15, 0.2) is 0 Å². The highest BCUT2D eigenvalue weighted by molar-refractivity contribution is 8.17. The molecule has 146 valence electrons. The van der Waals surface area contributed by atoms with Crippen molar-refractivity contribution in [3.05, 3.63) is 0 Å². The highest BCUT2D eigenvalue weighted by atomic mass is 32.2. The van der Waals surface area contributed by atoms with Crippen molar-refractivity contribution in [3.8, 4) is 0 Å². The van der Waals surface area contributed by atoms with E-state index in [0.29, 0.717) is 22.0 Å². The SMILES string of the molecule is CC1(C)O[C@H]([C@@H](O)CC2SCCCS2)[C@@H]([C@@H](O)CC2SCCCS2)O1. The van der Waals surface area contributed by atoms with Crippen molar-refractivity contribution >= 4 is 47.0 Å². The topological polar surface area (TPSA) is 58.9 Å². The van der Waals surface area contributed by atoms with Crippen LogP contribution in [-0.2, 0) is 9.47 Å². The zero-order chi connectivity index (χ0) is 17.9. The van der Waals surface area contributed by atoms with E-state index in [1.807, 2.05) is 60.9 Å². The van der Waals surface area contributed by atoms with E-state index in [2.05, 4.69) is 0 Å². The average Bonchev–Trinajstić information content (AvgIpc) is 2.93. The molecule has 0 aromatic rings. The summed E-state index contributed by atoms with van der Waals surface area (Å²) in [5.41, 5.74) is 0. The quantitative estimate of drug-likeness (QED) is 0.670. The first-order chi connectivity index (χ1) is 11.9. The van der Waals surface area contributed by atoms with Crippen LogP contribution in [0.5, 0.6) is 0 Å². The number of hydrogen-bond donors (Lipinski definition) is 2. The third-order valence-corrected chi connectivity index (χ3v) is 10.6. The number of thioether (sulfide) groups is 4. The summed E-state index contributed by atoms with van der Waals surface area (Å²) >= 11 is 7.70. The molecule has 25 heavy (non-hydrogen) atoms. The Kier molecular flexibility index (Phi) is 8.08. The average molecular weight is 427 g/mol. The van der Waals surface area contributed by atoms with Crippen molar-refractivity contribution in [2.24, 2.45) is 0 Å². The van der Waals surface area contributed by atoms with Crippen LogP contribution >= 0.6 is 47.0 Å².